The number of methoxy groups -OCH3 is 2. The quantitative estimate of drug-likeness (QED) is 0.801. The minimum absolute atomic E-state index is 0.0269. The summed E-state index contributed by atoms with van der Waals surface area (Å²) >= 11 is 0. The summed E-state index contributed by atoms with van der Waals surface area (Å²) in [6, 6.07) is 7.37. The number of ether oxygens (including phenoxy) is 2. The zero-order chi connectivity index (χ0) is 17.1. The number of hydrogen-bond acceptors (Lipinski definition) is 5. The Labute approximate surface area is 136 Å². The lowest BCUT2D eigenvalue weighted by Gasteiger charge is -2.31. The average molecular weight is 315 g/mol. The molecule has 1 aromatic rings. The first-order chi connectivity index (χ1) is 10.9. The van der Waals surface area contributed by atoms with Crippen molar-refractivity contribution in [2.75, 3.05) is 14.2 Å². The molecule has 5 heteroatoms. The number of carbonyl (C=O) groups excluding carboxylic acids is 2. The molecule has 0 aromatic heterocycles. The zero-order valence-electron chi connectivity index (χ0n) is 14.0. The Kier molecular flexibility index (Phi) is 4.98. The number of Topliss-reactive ketones (excluding diaryl/α,β-unsaturated/α-hetero) is 1. The molecule has 0 fully saturated rings. The Hall–Kier alpha value is -2.43. The van der Waals surface area contributed by atoms with Crippen LogP contribution in [0.3, 0.4) is 0 Å². The van der Waals surface area contributed by atoms with Gasteiger partial charge in [-0.05, 0) is 38.5 Å². The standard InChI is InChI=1S/C18H21NO4/c1-10-15(12(3)20)17(13-6-8-14(22-4)9-7-13)16(11(2)19-10)18(21)23-5/h6-9,15,17H,1-5H3/t15?,17-/m0/s1. The Morgan fingerprint density at radius 2 is 1.70 bits per heavy atom. The molecule has 5 nitrogen and oxygen atoms in total. The van der Waals surface area contributed by atoms with Gasteiger partial charge in [0, 0.05) is 17.3 Å². The van der Waals surface area contributed by atoms with Gasteiger partial charge in [-0.15, -0.1) is 0 Å². The van der Waals surface area contributed by atoms with E-state index in [1.807, 2.05) is 31.2 Å². The van der Waals surface area contributed by atoms with E-state index in [-0.39, 0.29) is 5.78 Å². The van der Waals surface area contributed by atoms with Gasteiger partial charge in [0.2, 0.25) is 0 Å². The van der Waals surface area contributed by atoms with Gasteiger partial charge < -0.3 is 9.47 Å². The van der Waals surface area contributed by atoms with E-state index in [1.165, 1.54) is 14.0 Å². The van der Waals surface area contributed by atoms with Gasteiger partial charge >= 0.3 is 5.97 Å². The second-order valence-electron chi connectivity index (χ2n) is 5.58. The largest absolute Gasteiger partial charge is 0.497 e. The predicted octanol–water partition coefficient (Wildman–Crippen LogP) is 2.91. The van der Waals surface area contributed by atoms with Crippen molar-refractivity contribution in [1.29, 1.82) is 0 Å². The van der Waals surface area contributed by atoms with Crippen LogP contribution in [0.4, 0.5) is 0 Å². The molecule has 122 valence electrons. The van der Waals surface area contributed by atoms with Gasteiger partial charge in [-0.3, -0.25) is 9.79 Å². The lowest BCUT2D eigenvalue weighted by Crippen LogP contribution is -2.34. The van der Waals surface area contributed by atoms with E-state index in [2.05, 4.69) is 4.99 Å². The number of allylic oxidation sites excluding steroid dienone is 1. The SMILES string of the molecule is COC(=O)C1=C(C)N=C(C)C(C(C)=O)[C@@H]1c1ccc(OC)cc1. The summed E-state index contributed by atoms with van der Waals surface area (Å²) in [7, 11) is 2.93. The number of ketones is 1. The fourth-order valence-corrected chi connectivity index (χ4v) is 3.11. The van der Waals surface area contributed by atoms with E-state index >= 15 is 0 Å². The topological polar surface area (TPSA) is 65.0 Å². The van der Waals surface area contributed by atoms with Crippen LogP contribution in [0.2, 0.25) is 0 Å². The van der Waals surface area contributed by atoms with Gasteiger partial charge in [0.15, 0.2) is 0 Å². The van der Waals surface area contributed by atoms with Gasteiger partial charge in [0.25, 0.3) is 0 Å². The van der Waals surface area contributed by atoms with Crippen LogP contribution in [0.1, 0.15) is 32.3 Å². The molecule has 1 unspecified atom stereocenters. The first-order valence-corrected chi connectivity index (χ1v) is 7.39. The Morgan fingerprint density at radius 1 is 1.09 bits per heavy atom. The lowest BCUT2D eigenvalue weighted by molar-refractivity contribution is -0.136. The van der Waals surface area contributed by atoms with E-state index < -0.39 is 17.8 Å². The molecule has 0 amide bonds. The highest BCUT2D eigenvalue weighted by Gasteiger charge is 2.39. The highest BCUT2D eigenvalue weighted by atomic mass is 16.5. The predicted molar refractivity (Wildman–Crippen MR) is 87.7 cm³/mol. The molecule has 0 bridgehead atoms. The fourth-order valence-electron chi connectivity index (χ4n) is 3.11. The highest BCUT2D eigenvalue weighted by molar-refractivity contribution is 6.08. The third kappa shape index (κ3) is 3.18. The summed E-state index contributed by atoms with van der Waals surface area (Å²) in [5.41, 5.74) is 2.60. The molecule has 2 atom stereocenters. The van der Waals surface area contributed by atoms with Crippen molar-refractivity contribution < 1.29 is 19.1 Å². The Balaban J connectivity index is 2.61. The van der Waals surface area contributed by atoms with Crippen LogP contribution in [-0.4, -0.2) is 31.7 Å². The second-order valence-corrected chi connectivity index (χ2v) is 5.58. The molecule has 23 heavy (non-hydrogen) atoms. The van der Waals surface area contributed by atoms with Gasteiger partial charge in [-0.25, -0.2) is 4.79 Å². The highest BCUT2D eigenvalue weighted by Crippen LogP contribution is 2.40. The van der Waals surface area contributed by atoms with Gasteiger partial charge in [0.1, 0.15) is 11.5 Å². The van der Waals surface area contributed by atoms with Crippen LogP contribution in [0.15, 0.2) is 40.5 Å². The maximum Gasteiger partial charge on any atom is 0.336 e. The van der Waals surface area contributed by atoms with Crippen LogP contribution in [-0.2, 0) is 14.3 Å². The molecule has 1 aromatic carbocycles. The third-order valence-corrected chi connectivity index (χ3v) is 4.15. The Morgan fingerprint density at radius 3 is 2.17 bits per heavy atom. The monoisotopic (exact) mass is 315 g/mol. The van der Waals surface area contributed by atoms with Crippen LogP contribution in [0.25, 0.3) is 0 Å². The molecular formula is C18H21NO4. The van der Waals surface area contributed by atoms with Crippen molar-refractivity contribution >= 4 is 17.5 Å². The van der Waals surface area contributed by atoms with Crippen molar-refractivity contribution in [3.8, 4) is 5.75 Å². The zero-order valence-corrected chi connectivity index (χ0v) is 14.0. The van der Waals surface area contributed by atoms with E-state index in [0.717, 1.165) is 11.3 Å². The van der Waals surface area contributed by atoms with E-state index in [4.69, 9.17) is 9.47 Å². The van der Waals surface area contributed by atoms with Gasteiger partial charge in [-0.1, -0.05) is 12.1 Å². The summed E-state index contributed by atoms with van der Waals surface area (Å²) in [6.07, 6.45) is 0. The van der Waals surface area contributed by atoms with E-state index in [9.17, 15) is 9.59 Å². The van der Waals surface area contributed by atoms with Crippen LogP contribution in [0.5, 0.6) is 5.75 Å². The molecular weight excluding hydrogens is 294 g/mol. The molecule has 2 rings (SSSR count). The summed E-state index contributed by atoms with van der Waals surface area (Å²) in [5, 5.41) is 0. The van der Waals surface area contributed by atoms with Crippen molar-refractivity contribution in [2.24, 2.45) is 10.9 Å². The molecule has 0 spiro atoms. The average Bonchev–Trinajstić information content (AvgIpc) is 2.53. The van der Waals surface area contributed by atoms with Crippen molar-refractivity contribution in [3.63, 3.8) is 0 Å². The third-order valence-electron chi connectivity index (χ3n) is 4.15. The Bertz CT molecular complexity index is 685. The van der Waals surface area contributed by atoms with E-state index in [0.29, 0.717) is 17.0 Å². The molecule has 1 heterocycles. The molecule has 0 N–H and O–H groups in total. The molecule has 0 radical (unpaired) electrons. The molecule has 0 saturated heterocycles. The summed E-state index contributed by atoms with van der Waals surface area (Å²) < 4.78 is 10.1. The maximum atomic E-state index is 12.3. The van der Waals surface area contributed by atoms with Gasteiger partial charge in [-0.2, -0.15) is 0 Å². The molecule has 1 aliphatic heterocycles. The summed E-state index contributed by atoms with van der Waals surface area (Å²) in [6.45, 7) is 5.11. The maximum absolute atomic E-state index is 12.3. The molecule has 0 saturated carbocycles. The normalized spacial score (nSPS) is 20.8. The second kappa shape index (κ2) is 6.77. The smallest absolute Gasteiger partial charge is 0.336 e. The number of carbonyl (C=O) groups is 2. The van der Waals surface area contributed by atoms with Gasteiger partial charge in [0.05, 0.1) is 25.7 Å². The van der Waals surface area contributed by atoms with Crippen molar-refractivity contribution in [1.82, 2.24) is 0 Å². The lowest BCUT2D eigenvalue weighted by atomic mass is 9.74. The number of nitrogens with zero attached hydrogens (tertiary/aromatic N) is 1. The van der Waals surface area contributed by atoms with Crippen LogP contribution in [0, 0.1) is 5.92 Å². The molecule has 1 aliphatic rings. The number of benzene rings is 1. The summed E-state index contributed by atoms with van der Waals surface area (Å²) in [5.74, 6) is -0.633. The first-order valence-electron chi connectivity index (χ1n) is 7.39. The number of esters is 1. The van der Waals surface area contributed by atoms with E-state index in [1.54, 1.807) is 14.0 Å². The van der Waals surface area contributed by atoms with Crippen molar-refractivity contribution in [2.45, 2.75) is 26.7 Å². The van der Waals surface area contributed by atoms with Crippen LogP contribution < -0.4 is 4.74 Å². The fraction of sp³-hybridized carbons (Fsp3) is 0.389. The minimum Gasteiger partial charge on any atom is -0.497 e. The first kappa shape index (κ1) is 16.9. The number of hydrogen-bond donors (Lipinski definition) is 0. The minimum atomic E-state index is -0.471. The molecule has 0 aliphatic carbocycles. The summed E-state index contributed by atoms with van der Waals surface area (Å²) in [4.78, 5) is 28.9. The number of rotatable bonds is 4. The van der Waals surface area contributed by atoms with Crippen LogP contribution >= 0.6 is 0 Å². The van der Waals surface area contributed by atoms with Crippen molar-refractivity contribution in [3.05, 3.63) is 41.1 Å². The number of aliphatic imine (C=N–C) groups is 1.